The third-order valence-corrected chi connectivity index (χ3v) is 9.36. The summed E-state index contributed by atoms with van der Waals surface area (Å²) in [7, 11) is 0. The molecule has 0 spiro atoms. The second-order valence-electron chi connectivity index (χ2n) is 13.4. The fourth-order valence-electron chi connectivity index (χ4n) is 6.40. The van der Waals surface area contributed by atoms with E-state index in [0.29, 0.717) is 11.3 Å². The van der Waals surface area contributed by atoms with Gasteiger partial charge in [-0.25, -0.2) is 9.59 Å². The summed E-state index contributed by atoms with van der Waals surface area (Å²) >= 11 is 0. The lowest BCUT2D eigenvalue weighted by Gasteiger charge is -2.15. The van der Waals surface area contributed by atoms with Crippen LogP contribution >= 0.6 is 0 Å². The summed E-state index contributed by atoms with van der Waals surface area (Å²) in [5, 5.41) is 21.6. The van der Waals surface area contributed by atoms with Crippen molar-refractivity contribution in [1.29, 1.82) is 0 Å². The van der Waals surface area contributed by atoms with Crippen molar-refractivity contribution in [2.45, 2.75) is 109 Å². The zero-order valence-electron chi connectivity index (χ0n) is 43.2. The maximum absolute atomic E-state index is 13.1. The molecular formula is C58H74N6O6. The van der Waals surface area contributed by atoms with Crippen LogP contribution in [0.5, 0.6) is 11.8 Å². The van der Waals surface area contributed by atoms with Crippen LogP contribution in [-0.2, 0) is 26.2 Å². The van der Waals surface area contributed by atoms with Crippen LogP contribution in [0.15, 0.2) is 186 Å². The number of hydrogen-bond acceptors (Lipinski definition) is 8. The van der Waals surface area contributed by atoms with Gasteiger partial charge in [0.25, 0.3) is 11.1 Å². The molecule has 12 heteroatoms. The van der Waals surface area contributed by atoms with Crippen molar-refractivity contribution in [3.8, 4) is 11.8 Å². The van der Waals surface area contributed by atoms with Crippen LogP contribution in [0.2, 0.25) is 0 Å². The molecule has 0 unspecified atom stereocenters. The largest absolute Gasteiger partial charge is 0.494 e. The summed E-state index contributed by atoms with van der Waals surface area (Å²) < 4.78 is 4.74. The van der Waals surface area contributed by atoms with Crippen LogP contribution in [0.25, 0.3) is 12.2 Å². The van der Waals surface area contributed by atoms with Gasteiger partial charge >= 0.3 is 11.4 Å². The molecule has 0 bridgehead atoms. The van der Waals surface area contributed by atoms with Crippen LogP contribution in [0.1, 0.15) is 116 Å². The van der Waals surface area contributed by atoms with E-state index in [1.165, 1.54) is 15.2 Å². The molecule has 4 aromatic carbocycles. The third kappa shape index (κ3) is 17.3. The van der Waals surface area contributed by atoms with Crippen molar-refractivity contribution >= 4 is 24.6 Å². The normalized spacial score (nSPS) is 12.1. The van der Waals surface area contributed by atoms with Crippen molar-refractivity contribution in [3.63, 3.8) is 0 Å². The Morgan fingerprint density at radius 2 is 0.771 bits per heavy atom. The minimum absolute atomic E-state index is 0.0372. The molecule has 4 heterocycles. The van der Waals surface area contributed by atoms with Gasteiger partial charge in [0.1, 0.15) is 11.1 Å². The second kappa shape index (κ2) is 34.4. The van der Waals surface area contributed by atoms with Crippen LogP contribution in [0.4, 0.5) is 0 Å². The van der Waals surface area contributed by atoms with Gasteiger partial charge in [-0.1, -0.05) is 204 Å². The second-order valence-corrected chi connectivity index (χ2v) is 13.4. The zero-order chi connectivity index (χ0) is 52.4. The highest BCUT2D eigenvalue weighted by molar-refractivity contribution is 5.91. The molecule has 0 aliphatic carbocycles. The van der Waals surface area contributed by atoms with Gasteiger partial charge in [-0.05, 0) is 58.2 Å². The highest BCUT2D eigenvalue weighted by Gasteiger charge is 2.20. The molecule has 0 amide bonds. The summed E-state index contributed by atoms with van der Waals surface area (Å²) in [6, 6.07) is 37.2. The highest BCUT2D eigenvalue weighted by atomic mass is 16.3. The molecule has 372 valence electrons. The lowest BCUT2D eigenvalue weighted by atomic mass is 10.1. The standard InChI is InChI=1S/2C23H19N3O3.6C2H6/c27-21-20(14-19-12-7-13-24-19)22(28)26(16-18-10-5-2-6-11-18)23(29)25(21)15-17-8-3-1-4-9-17;27-21-20(13-19-11-12-24-14-19)22(28)26(16-18-9-5-2-6-10-18)23(29)25(21)15-17-7-3-1-4-8-17;6*1-2/h2*1-14,27H,15-16H2;6*1-2H3. The topological polar surface area (TPSA) is 153 Å². The van der Waals surface area contributed by atoms with Crippen LogP contribution < -0.4 is 22.5 Å². The average Bonchev–Trinajstić information content (AvgIpc) is 4.17. The number of aromatic hydroxyl groups is 2. The van der Waals surface area contributed by atoms with E-state index < -0.39 is 22.5 Å². The maximum atomic E-state index is 13.1. The zero-order valence-corrected chi connectivity index (χ0v) is 43.2. The lowest BCUT2D eigenvalue weighted by molar-refractivity contribution is 0.398. The van der Waals surface area contributed by atoms with E-state index in [1.54, 1.807) is 42.9 Å². The Balaban J connectivity index is 0.000000577. The summed E-state index contributed by atoms with van der Waals surface area (Å²) in [5.74, 6) is -0.717. The molecule has 70 heavy (non-hydrogen) atoms. The fraction of sp³-hybridized carbons (Fsp3) is 0.276. The Labute approximate surface area is 414 Å². The predicted molar refractivity (Wildman–Crippen MR) is 295 cm³/mol. The van der Waals surface area contributed by atoms with E-state index in [2.05, 4.69) is 9.98 Å². The smallest absolute Gasteiger partial charge is 0.334 e. The first-order valence-corrected chi connectivity index (χ1v) is 24.4. The lowest BCUT2D eigenvalue weighted by Crippen LogP contribution is -2.41. The van der Waals surface area contributed by atoms with E-state index in [1.807, 2.05) is 204 Å². The molecule has 2 aliphatic rings. The number of aliphatic imine (C=N–C) groups is 2. The van der Waals surface area contributed by atoms with E-state index in [4.69, 9.17) is 0 Å². The minimum atomic E-state index is -0.562. The molecule has 8 rings (SSSR count). The van der Waals surface area contributed by atoms with Gasteiger partial charge in [-0.3, -0.25) is 37.8 Å². The molecule has 2 aliphatic heterocycles. The summed E-state index contributed by atoms with van der Waals surface area (Å²) in [6.07, 6.45) is 13.0. The molecule has 0 fully saturated rings. The van der Waals surface area contributed by atoms with Gasteiger partial charge in [-0.15, -0.1) is 0 Å². The van der Waals surface area contributed by atoms with E-state index in [9.17, 15) is 29.4 Å². The summed E-state index contributed by atoms with van der Waals surface area (Å²) in [4.78, 5) is 60.5. The van der Waals surface area contributed by atoms with E-state index >= 15 is 0 Å². The Morgan fingerprint density at radius 1 is 0.443 bits per heavy atom. The summed E-state index contributed by atoms with van der Waals surface area (Å²) in [5.41, 5.74) is 2.42. The molecule has 2 aromatic heterocycles. The molecule has 12 nitrogen and oxygen atoms in total. The van der Waals surface area contributed by atoms with Crippen molar-refractivity contribution in [3.05, 3.63) is 232 Å². The van der Waals surface area contributed by atoms with Crippen molar-refractivity contribution < 1.29 is 10.2 Å². The Kier molecular flexibility index (Phi) is 29.6. The predicted octanol–water partition coefficient (Wildman–Crippen LogP) is 11.7. The van der Waals surface area contributed by atoms with Gasteiger partial charge in [0, 0.05) is 18.6 Å². The maximum Gasteiger partial charge on any atom is 0.334 e. The van der Waals surface area contributed by atoms with Gasteiger partial charge in [0.2, 0.25) is 11.8 Å². The first-order valence-electron chi connectivity index (χ1n) is 24.4. The van der Waals surface area contributed by atoms with Crippen molar-refractivity contribution in [2.24, 2.45) is 9.98 Å². The summed E-state index contributed by atoms with van der Waals surface area (Å²) in [6.45, 7) is 24.5. The number of nitrogens with zero attached hydrogens (tertiary/aromatic N) is 6. The van der Waals surface area contributed by atoms with E-state index in [0.717, 1.165) is 31.4 Å². The van der Waals surface area contributed by atoms with Gasteiger partial charge in [0.05, 0.1) is 31.9 Å². The molecule has 2 N–H and O–H groups in total. The number of hydrogen-bond donors (Lipinski definition) is 2. The Bertz CT molecular complexity index is 2640. The fourth-order valence-corrected chi connectivity index (χ4v) is 6.40. The molecular weight excluding hydrogens is 877 g/mol. The molecule has 6 aromatic rings. The number of benzene rings is 4. The van der Waals surface area contributed by atoms with Crippen LogP contribution in [0.3, 0.4) is 0 Å². The Morgan fingerprint density at radius 3 is 1.07 bits per heavy atom. The number of allylic oxidation sites excluding steroid dienone is 4. The SMILES string of the molecule is CC.CC.CC.CC.CC.CC.O=c1c(C=C2C=CC=N2)c(O)n(Cc2ccccc2)c(=O)n1Cc1ccccc1.O=c1c(C=C2C=CN=C2)c(O)n(Cc2ccccc2)c(=O)n1Cc1ccccc1. The molecule has 0 atom stereocenters. The average molecular weight is 951 g/mol. The first kappa shape index (κ1) is 60.2. The van der Waals surface area contributed by atoms with Crippen molar-refractivity contribution in [2.75, 3.05) is 0 Å². The van der Waals surface area contributed by atoms with Gasteiger partial charge in [0.15, 0.2) is 0 Å². The first-order chi connectivity index (χ1) is 34.3. The van der Waals surface area contributed by atoms with Gasteiger partial charge in [-0.2, -0.15) is 0 Å². The van der Waals surface area contributed by atoms with Crippen LogP contribution in [0, 0.1) is 0 Å². The quantitative estimate of drug-likeness (QED) is 0.139. The number of aromatic nitrogens is 4. The minimum Gasteiger partial charge on any atom is -0.494 e. The Hall–Kier alpha value is -7.86. The molecule has 0 radical (unpaired) electrons. The van der Waals surface area contributed by atoms with Crippen LogP contribution in [-0.4, -0.2) is 40.9 Å². The molecule has 0 saturated heterocycles. The monoisotopic (exact) mass is 951 g/mol. The number of rotatable bonds is 10. The molecule has 0 saturated carbocycles. The van der Waals surface area contributed by atoms with E-state index in [-0.39, 0.29) is 49.1 Å². The van der Waals surface area contributed by atoms with Gasteiger partial charge < -0.3 is 10.2 Å². The highest BCUT2D eigenvalue weighted by Crippen LogP contribution is 2.20. The third-order valence-electron chi connectivity index (χ3n) is 9.36. The van der Waals surface area contributed by atoms with Crippen molar-refractivity contribution in [1.82, 2.24) is 18.3 Å².